The smallest absolute Gasteiger partial charge is 0.0285 e. The molecule has 0 unspecified atom stereocenters. The van der Waals surface area contributed by atoms with E-state index in [0.29, 0.717) is 0 Å². The highest BCUT2D eigenvalue weighted by Gasteiger charge is 2.21. The molecule has 2 aliphatic carbocycles. The minimum atomic E-state index is 1.25. The van der Waals surface area contributed by atoms with Crippen molar-refractivity contribution in [2.45, 2.75) is 26.2 Å². The molecule has 0 saturated heterocycles. The van der Waals surface area contributed by atoms with Crippen LogP contribution in [0.2, 0.25) is 0 Å². The fourth-order valence-electron chi connectivity index (χ4n) is 2.51. The monoisotopic (exact) mass is 247 g/mol. The van der Waals surface area contributed by atoms with Crippen molar-refractivity contribution in [2.75, 3.05) is 0 Å². The summed E-state index contributed by atoms with van der Waals surface area (Å²) < 4.78 is 1.34. The van der Waals surface area contributed by atoms with Crippen LogP contribution in [0.5, 0.6) is 0 Å². The molecule has 0 fully saturated rings. The molecule has 0 bridgehead atoms. The zero-order chi connectivity index (χ0) is 9.71. The van der Waals surface area contributed by atoms with E-state index in [9.17, 15) is 0 Å². The van der Waals surface area contributed by atoms with Gasteiger partial charge in [-0.05, 0) is 64.4 Å². The van der Waals surface area contributed by atoms with E-state index < -0.39 is 0 Å². The van der Waals surface area contributed by atoms with Crippen LogP contribution >= 0.6 is 15.9 Å². The van der Waals surface area contributed by atoms with Crippen LogP contribution in [0.1, 0.15) is 35.6 Å². The van der Waals surface area contributed by atoms with Gasteiger partial charge in [0.15, 0.2) is 0 Å². The second-order valence-corrected chi connectivity index (χ2v) is 5.01. The summed E-state index contributed by atoms with van der Waals surface area (Å²) >= 11 is 3.75. The Bertz CT molecular complexity index is 441. The van der Waals surface area contributed by atoms with Gasteiger partial charge in [0.05, 0.1) is 0 Å². The lowest BCUT2D eigenvalue weighted by molar-refractivity contribution is 0.910. The molecule has 0 aromatic heterocycles. The predicted molar refractivity (Wildman–Crippen MR) is 63.2 cm³/mol. The van der Waals surface area contributed by atoms with Gasteiger partial charge in [-0.25, -0.2) is 0 Å². The number of allylic oxidation sites excluding steroid dienone is 1. The Morgan fingerprint density at radius 3 is 3.00 bits per heavy atom. The minimum Gasteiger partial charge on any atom is -0.0642 e. The quantitative estimate of drug-likeness (QED) is 0.653. The molecule has 0 aliphatic heterocycles. The molecule has 1 heteroatoms. The van der Waals surface area contributed by atoms with Crippen LogP contribution in [-0.2, 0) is 12.8 Å². The molecule has 0 nitrogen and oxygen atoms in total. The minimum absolute atomic E-state index is 1.25. The van der Waals surface area contributed by atoms with E-state index in [0.717, 1.165) is 0 Å². The number of halogens is 1. The zero-order valence-corrected chi connectivity index (χ0v) is 9.82. The molecule has 14 heavy (non-hydrogen) atoms. The van der Waals surface area contributed by atoms with Crippen molar-refractivity contribution >= 4 is 22.0 Å². The Balaban J connectivity index is 2.26. The number of benzene rings is 1. The third-order valence-corrected chi connectivity index (χ3v) is 4.06. The van der Waals surface area contributed by atoms with Crippen LogP contribution in [0.4, 0.5) is 0 Å². The topological polar surface area (TPSA) is 0 Å². The molecular formula is C13H12Br. The van der Waals surface area contributed by atoms with E-state index in [1.54, 1.807) is 11.1 Å². The summed E-state index contributed by atoms with van der Waals surface area (Å²) in [6, 6.07) is 2.37. The molecule has 0 heterocycles. The highest BCUT2D eigenvalue weighted by atomic mass is 79.9. The third-order valence-electron chi connectivity index (χ3n) is 3.16. The molecule has 0 spiro atoms. The summed E-state index contributed by atoms with van der Waals surface area (Å²) in [6.45, 7) is 2.16. The van der Waals surface area contributed by atoms with Gasteiger partial charge in [-0.1, -0.05) is 17.7 Å². The fraction of sp³-hybridized carbons (Fsp3) is 0.308. The van der Waals surface area contributed by atoms with Gasteiger partial charge >= 0.3 is 0 Å². The van der Waals surface area contributed by atoms with Gasteiger partial charge in [-0.2, -0.15) is 0 Å². The maximum Gasteiger partial charge on any atom is 0.0285 e. The number of hydrogen-bond acceptors (Lipinski definition) is 0. The van der Waals surface area contributed by atoms with Crippen molar-refractivity contribution in [3.8, 4) is 0 Å². The summed E-state index contributed by atoms with van der Waals surface area (Å²) in [7, 11) is 0. The number of fused-ring (bicyclic) bond motifs is 2. The molecule has 0 N–H and O–H groups in total. The van der Waals surface area contributed by atoms with E-state index in [2.05, 4.69) is 41.4 Å². The maximum absolute atomic E-state index is 3.75. The Hall–Kier alpha value is -0.560. The fourth-order valence-corrected chi connectivity index (χ4v) is 3.31. The van der Waals surface area contributed by atoms with Crippen LogP contribution in [0.15, 0.2) is 16.1 Å². The molecule has 3 rings (SSSR count). The molecule has 1 radical (unpaired) electrons. The average molecular weight is 248 g/mol. The van der Waals surface area contributed by atoms with Crippen LogP contribution in [0, 0.1) is 6.42 Å². The van der Waals surface area contributed by atoms with Gasteiger partial charge in [0.1, 0.15) is 0 Å². The number of hydrogen-bond donors (Lipinski definition) is 0. The van der Waals surface area contributed by atoms with Crippen molar-refractivity contribution in [3.63, 3.8) is 0 Å². The van der Waals surface area contributed by atoms with E-state index in [4.69, 9.17) is 0 Å². The highest BCUT2D eigenvalue weighted by Crippen LogP contribution is 2.39. The lowest BCUT2D eigenvalue weighted by Gasteiger charge is -2.08. The Morgan fingerprint density at radius 2 is 2.14 bits per heavy atom. The zero-order valence-electron chi connectivity index (χ0n) is 8.23. The van der Waals surface area contributed by atoms with Gasteiger partial charge in [0.25, 0.3) is 0 Å². The predicted octanol–water partition coefficient (Wildman–Crippen LogP) is 3.91. The van der Waals surface area contributed by atoms with E-state index >= 15 is 0 Å². The first-order valence-electron chi connectivity index (χ1n) is 5.13. The molecular weight excluding hydrogens is 236 g/mol. The van der Waals surface area contributed by atoms with Gasteiger partial charge in [-0.15, -0.1) is 0 Å². The van der Waals surface area contributed by atoms with E-state index in [1.165, 1.54) is 40.4 Å². The normalized spacial score (nSPS) is 18.0. The van der Waals surface area contributed by atoms with Crippen LogP contribution < -0.4 is 0 Å². The molecule has 71 valence electrons. The highest BCUT2D eigenvalue weighted by molar-refractivity contribution is 9.10. The van der Waals surface area contributed by atoms with E-state index in [-0.39, 0.29) is 0 Å². The molecule has 1 aromatic rings. The lowest BCUT2D eigenvalue weighted by atomic mass is 10.0. The largest absolute Gasteiger partial charge is 0.0642 e. The summed E-state index contributed by atoms with van der Waals surface area (Å²) in [6.07, 6.45) is 8.38. The van der Waals surface area contributed by atoms with Crippen LogP contribution in [0.25, 0.3) is 6.08 Å². The summed E-state index contributed by atoms with van der Waals surface area (Å²) in [5.74, 6) is 0. The van der Waals surface area contributed by atoms with Crippen LogP contribution in [0.3, 0.4) is 0 Å². The van der Waals surface area contributed by atoms with Gasteiger partial charge in [0.2, 0.25) is 0 Å². The molecule has 1 aromatic carbocycles. The number of aryl methyl sites for hydroxylation is 1. The third kappa shape index (κ3) is 1.12. The first kappa shape index (κ1) is 8.72. The Kier molecular flexibility index (Phi) is 1.85. The van der Waals surface area contributed by atoms with Crippen molar-refractivity contribution in [1.82, 2.24) is 0 Å². The van der Waals surface area contributed by atoms with Crippen LogP contribution in [-0.4, -0.2) is 0 Å². The molecule has 0 saturated carbocycles. The van der Waals surface area contributed by atoms with Crippen molar-refractivity contribution in [3.05, 3.63) is 44.8 Å². The maximum atomic E-state index is 3.75. The van der Waals surface area contributed by atoms with Crippen molar-refractivity contribution < 1.29 is 0 Å². The van der Waals surface area contributed by atoms with Gasteiger partial charge in [0, 0.05) is 10.9 Å². The summed E-state index contributed by atoms with van der Waals surface area (Å²) in [4.78, 5) is 0. The second-order valence-electron chi connectivity index (χ2n) is 4.22. The molecule has 0 amide bonds. The van der Waals surface area contributed by atoms with Crippen molar-refractivity contribution in [1.29, 1.82) is 0 Å². The molecule has 2 aliphatic rings. The second kappa shape index (κ2) is 2.96. The standard InChI is InChI=1S/C13H12Br/c1-8-5-10-7-9-3-2-4-11(9)13(14)12(10)6-8/h5-7H,2-4H2,1H3. The average Bonchev–Trinajstić information content (AvgIpc) is 2.71. The van der Waals surface area contributed by atoms with Gasteiger partial charge in [-0.3, -0.25) is 0 Å². The van der Waals surface area contributed by atoms with E-state index in [1.807, 2.05) is 0 Å². The first-order chi connectivity index (χ1) is 6.75. The summed E-state index contributed by atoms with van der Waals surface area (Å²) in [5.41, 5.74) is 7.25. The Labute approximate surface area is 93.2 Å². The Morgan fingerprint density at radius 1 is 1.29 bits per heavy atom. The molecule has 0 atom stereocenters. The van der Waals surface area contributed by atoms with Gasteiger partial charge < -0.3 is 0 Å². The summed E-state index contributed by atoms with van der Waals surface area (Å²) in [5, 5.41) is 0. The number of rotatable bonds is 0. The lowest BCUT2D eigenvalue weighted by Crippen LogP contribution is -1.91. The van der Waals surface area contributed by atoms with Crippen molar-refractivity contribution in [2.24, 2.45) is 0 Å². The SMILES string of the molecule is CC1=Cc2c(cc3c(c2Br)CCC3)[CH]1. The first-order valence-corrected chi connectivity index (χ1v) is 5.92.